The van der Waals surface area contributed by atoms with E-state index in [0.29, 0.717) is 6.54 Å². The Labute approximate surface area is 129 Å². The van der Waals surface area contributed by atoms with Crippen LogP contribution < -0.4 is 5.73 Å². The lowest BCUT2D eigenvalue weighted by atomic mass is 10.0. The summed E-state index contributed by atoms with van der Waals surface area (Å²) >= 11 is 7.89. The van der Waals surface area contributed by atoms with Gasteiger partial charge < -0.3 is 5.73 Å². The predicted molar refractivity (Wildman–Crippen MR) is 86.3 cm³/mol. The first-order valence-corrected chi connectivity index (χ1v) is 7.84. The maximum absolute atomic E-state index is 6.21. The van der Waals surface area contributed by atoms with Crippen molar-refractivity contribution in [3.05, 3.63) is 50.4 Å². The summed E-state index contributed by atoms with van der Waals surface area (Å²) in [6.07, 6.45) is 0. The summed E-state index contributed by atoms with van der Waals surface area (Å²) in [5, 5.41) is 3.98. The Morgan fingerprint density at radius 3 is 2.70 bits per heavy atom. The SMILES string of the molecule is Cc1nc(CN(C)C(CN)c2ccc(C)c(Cl)c2)cs1. The van der Waals surface area contributed by atoms with E-state index in [9.17, 15) is 0 Å². The topological polar surface area (TPSA) is 42.2 Å². The Kier molecular flexibility index (Phi) is 5.16. The third-order valence-corrected chi connectivity index (χ3v) is 4.64. The molecule has 0 fully saturated rings. The minimum Gasteiger partial charge on any atom is -0.329 e. The van der Waals surface area contributed by atoms with E-state index in [1.54, 1.807) is 11.3 Å². The van der Waals surface area contributed by atoms with Gasteiger partial charge in [-0.25, -0.2) is 4.98 Å². The average molecular weight is 310 g/mol. The van der Waals surface area contributed by atoms with Crippen molar-refractivity contribution in [1.82, 2.24) is 9.88 Å². The molecule has 0 aliphatic carbocycles. The Morgan fingerprint density at radius 2 is 2.15 bits per heavy atom. The van der Waals surface area contributed by atoms with E-state index in [1.165, 1.54) is 0 Å². The van der Waals surface area contributed by atoms with Gasteiger partial charge in [-0.05, 0) is 38.1 Å². The lowest BCUT2D eigenvalue weighted by Gasteiger charge is -2.27. The van der Waals surface area contributed by atoms with Crippen molar-refractivity contribution in [2.45, 2.75) is 26.4 Å². The maximum Gasteiger partial charge on any atom is 0.0897 e. The number of thiazole rings is 1. The fourth-order valence-electron chi connectivity index (χ4n) is 2.23. The number of hydrogen-bond donors (Lipinski definition) is 1. The van der Waals surface area contributed by atoms with Gasteiger partial charge in [0.2, 0.25) is 0 Å². The zero-order chi connectivity index (χ0) is 14.7. The van der Waals surface area contributed by atoms with Crippen molar-refractivity contribution < 1.29 is 0 Å². The van der Waals surface area contributed by atoms with Crippen molar-refractivity contribution in [1.29, 1.82) is 0 Å². The van der Waals surface area contributed by atoms with Crippen LogP contribution in [0.1, 0.15) is 27.9 Å². The molecule has 2 N–H and O–H groups in total. The molecule has 5 heteroatoms. The summed E-state index contributed by atoms with van der Waals surface area (Å²) in [5.74, 6) is 0. The second-order valence-electron chi connectivity index (χ2n) is 5.03. The minimum absolute atomic E-state index is 0.148. The van der Waals surface area contributed by atoms with E-state index in [4.69, 9.17) is 17.3 Å². The number of likely N-dealkylation sites (N-methyl/N-ethyl adjacent to an activating group) is 1. The largest absolute Gasteiger partial charge is 0.329 e. The molecule has 0 saturated heterocycles. The highest BCUT2D eigenvalue weighted by Gasteiger charge is 2.17. The van der Waals surface area contributed by atoms with Crippen LogP contribution >= 0.6 is 22.9 Å². The van der Waals surface area contributed by atoms with Crippen LogP contribution in [0.25, 0.3) is 0 Å². The molecule has 2 rings (SSSR count). The van der Waals surface area contributed by atoms with E-state index in [1.807, 2.05) is 26.0 Å². The molecule has 0 aliphatic heterocycles. The summed E-state index contributed by atoms with van der Waals surface area (Å²) in [6.45, 7) is 5.37. The number of rotatable bonds is 5. The first-order valence-electron chi connectivity index (χ1n) is 6.58. The monoisotopic (exact) mass is 309 g/mol. The van der Waals surface area contributed by atoms with Crippen LogP contribution in [0.4, 0.5) is 0 Å². The minimum atomic E-state index is 0.148. The average Bonchev–Trinajstić information content (AvgIpc) is 2.80. The van der Waals surface area contributed by atoms with E-state index in [-0.39, 0.29) is 6.04 Å². The van der Waals surface area contributed by atoms with Gasteiger partial charge in [0.25, 0.3) is 0 Å². The van der Waals surface area contributed by atoms with Gasteiger partial charge in [0.15, 0.2) is 0 Å². The third kappa shape index (κ3) is 3.58. The van der Waals surface area contributed by atoms with Crippen LogP contribution in [-0.2, 0) is 6.54 Å². The molecule has 1 unspecified atom stereocenters. The summed E-state index contributed by atoms with van der Waals surface area (Å²) in [6, 6.07) is 6.30. The van der Waals surface area contributed by atoms with Crippen LogP contribution in [-0.4, -0.2) is 23.5 Å². The fraction of sp³-hybridized carbons (Fsp3) is 0.400. The van der Waals surface area contributed by atoms with Gasteiger partial charge in [-0.3, -0.25) is 4.90 Å². The molecule has 2 aromatic rings. The first-order chi connectivity index (χ1) is 9.51. The van der Waals surface area contributed by atoms with Gasteiger partial charge in [0.1, 0.15) is 0 Å². The summed E-state index contributed by atoms with van der Waals surface area (Å²) < 4.78 is 0. The van der Waals surface area contributed by atoms with Crippen molar-refractivity contribution in [3.8, 4) is 0 Å². The fourth-order valence-corrected chi connectivity index (χ4v) is 3.03. The highest BCUT2D eigenvalue weighted by Crippen LogP contribution is 2.25. The Hall–Kier alpha value is -0.940. The molecule has 0 spiro atoms. The van der Waals surface area contributed by atoms with Crippen LogP contribution in [0.2, 0.25) is 5.02 Å². The Morgan fingerprint density at radius 1 is 1.40 bits per heavy atom. The second kappa shape index (κ2) is 6.68. The number of nitrogens with two attached hydrogens (primary N) is 1. The summed E-state index contributed by atoms with van der Waals surface area (Å²) in [7, 11) is 2.07. The molecule has 0 bridgehead atoms. The van der Waals surface area contributed by atoms with E-state index in [0.717, 1.165) is 33.4 Å². The molecule has 20 heavy (non-hydrogen) atoms. The van der Waals surface area contributed by atoms with Crippen LogP contribution in [0.15, 0.2) is 23.6 Å². The number of hydrogen-bond acceptors (Lipinski definition) is 4. The molecule has 108 valence electrons. The van der Waals surface area contributed by atoms with Crippen LogP contribution in [0, 0.1) is 13.8 Å². The summed E-state index contributed by atoms with van der Waals surface area (Å²) in [5.41, 5.74) is 9.28. The molecule has 0 aliphatic rings. The number of halogens is 1. The first kappa shape index (κ1) is 15.4. The molecular formula is C15H20ClN3S. The van der Waals surface area contributed by atoms with Crippen LogP contribution in [0.5, 0.6) is 0 Å². The Bertz CT molecular complexity index is 582. The molecule has 1 atom stereocenters. The summed E-state index contributed by atoms with van der Waals surface area (Å²) in [4.78, 5) is 6.72. The van der Waals surface area contributed by atoms with E-state index >= 15 is 0 Å². The zero-order valence-electron chi connectivity index (χ0n) is 12.1. The van der Waals surface area contributed by atoms with Crippen molar-refractivity contribution in [2.24, 2.45) is 5.73 Å². The molecule has 3 nitrogen and oxygen atoms in total. The number of aryl methyl sites for hydroxylation is 2. The van der Waals surface area contributed by atoms with Crippen molar-refractivity contribution in [3.63, 3.8) is 0 Å². The smallest absolute Gasteiger partial charge is 0.0897 e. The van der Waals surface area contributed by atoms with Crippen molar-refractivity contribution >= 4 is 22.9 Å². The number of nitrogens with zero attached hydrogens (tertiary/aromatic N) is 2. The molecule has 1 aromatic carbocycles. The van der Waals surface area contributed by atoms with Gasteiger partial charge in [-0.15, -0.1) is 11.3 Å². The van der Waals surface area contributed by atoms with Gasteiger partial charge in [-0.1, -0.05) is 23.7 Å². The quantitative estimate of drug-likeness (QED) is 0.918. The van der Waals surface area contributed by atoms with Crippen LogP contribution in [0.3, 0.4) is 0 Å². The molecule has 0 radical (unpaired) electrons. The number of benzene rings is 1. The van der Waals surface area contributed by atoms with Gasteiger partial charge >= 0.3 is 0 Å². The molecular weight excluding hydrogens is 290 g/mol. The van der Waals surface area contributed by atoms with E-state index in [2.05, 4.69) is 28.4 Å². The van der Waals surface area contributed by atoms with Gasteiger partial charge in [0.05, 0.1) is 10.7 Å². The Balaban J connectivity index is 2.16. The normalized spacial score (nSPS) is 12.9. The highest BCUT2D eigenvalue weighted by atomic mass is 35.5. The zero-order valence-corrected chi connectivity index (χ0v) is 13.6. The van der Waals surface area contributed by atoms with E-state index < -0.39 is 0 Å². The molecule has 0 amide bonds. The standard InChI is InChI=1S/C15H20ClN3S/c1-10-4-5-12(6-14(10)16)15(7-17)19(3)8-13-9-20-11(2)18-13/h4-6,9,15H,7-8,17H2,1-3H3. The molecule has 1 heterocycles. The molecule has 0 saturated carbocycles. The maximum atomic E-state index is 6.21. The third-order valence-electron chi connectivity index (χ3n) is 3.41. The van der Waals surface area contributed by atoms with Gasteiger partial charge in [0, 0.05) is 29.5 Å². The lowest BCUT2D eigenvalue weighted by Crippen LogP contribution is -2.30. The predicted octanol–water partition coefficient (Wildman–Crippen LogP) is 3.55. The lowest BCUT2D eigenvalue weighted by molar-refractivity contribution is 0.239. The molecule has 1 aromatic heterocycles. The second-order valence-corrected chi connectivity index (χ2v) is 6.50. The number of aromatic nitrogens is 1. The van der Waals surface area contributed by atoms with Gasteiger partial charge in [-0.2, -0.15) is 0 Å². The highest BCUT2D eigenvalue weighted by molar-refractivity contribution is 7.09. The van der Waals surface area contributed by atoms with Crippen molar-refractivity contribution in [2.75, 3.05) is 13.6 Å².